The highest BCUT2D eigenvalue weighted by atomic mass is 16.5. The molecule has 2 aliphatic heterocycles. The van der Waals surface area contributed by atoms with Crippen molar-refractivity contribution in [1.82, 2.24) is 14.7 Å². The number of allylic oxidation sites excluding steroid dienone is 1. The number of nitrogens with zero attached hydrogens (tertiary/aromatic N) is 3. The van der Waals surface area contributed by atoms with Crippen LogP contribution in [0.2, 0.25) is 0 Å². The van der Waals surface area contributed by atoms with E-state index in [2.05, 4.69) is 22.8 Å². The Kier molecular flexibility index (Phi) is 5.67. The molecule has 6 heteroatoms. The standard InChI is InChI=1S/C14H26N4O2/c1-2-3-13(15)17-6-4-16(5-7-17)12-14(19)18-8-10-20-11-9-18/h3H,2,4-12,15H2,1H3/b13-3+. The van der Waals surface area contributed by atoms with Crippen LogP contribution in [0.1, 0.15) is 13.3 Å². The minimum absolute atomic E-state index is 0.221. The monoisotopic (exact) mass is 282 g/mol. The summed E-state index contributed by atoms with van der Waals surface area (Å²) >= 11 is 0. The van der Waals surface area contributed by atoms with E-state index >= 15 is 0 Å². The summed E-state index contributed by atoms with van der Waals surface area (Å²) in [4.78, 5) is 18.5. The lowest BCUT2D eigenvalue weighted by molar-refractivity contribution is -0.136. The van der Waals surface area contributed by atoms with Crippen molar-refractivity contribution >= 4 is 5.91 Å². The van der Waals surface area contributed by atoms with Crippen molar-refractivity contribution in [3.8, 4) is 0 Å². The molecule has 1 amide bonds. The van der Waals surface area contributed by atoms with Crippen molar-refractivity contribution in [1.29, 1.82) is 0 Å². The fraction of sp³-hybridized carbons (Fsp3) is 0.786. The van der Waals surface area contributed by atoms with Crippen molar-refractivity contribution in [2.24, 2.45) is 5.73 Å². The zero-order valence-electron chi connectivity index (χ0n) is 12.4. The second-order valence-electron chi connectivity index (χ2n) is 5.29. The highest BCUT2D eigenvalue weighted by molar-refractivity contribution is 5.78. The van der Waals surface area contributed by atoms with Gasteiger partial charge in [0, 0.05) is 39.3 Å². The van der Waals surface area contributed by atoms with Crippen LogP contribution in [-0.4, -0.2) is 79.6 Å². The van der Waals surface area contributed by atoms with Crippen molar-refractivity contribution in [3.63, 3.8) is 0 Å². The average Bonchev–Trinajstić information content (AvgIpc) is 2.49. The predicted octanol–water partition coefficient (Wildman–Crippen LogP) is -0.327. The van der Waals surface area contributed by atoms with Gasteiger partial charge in [0.2, 0.25) is 5.91 Å². The van der Waals surface area contributed by atoms with E-state index in [9.17, 15) is 4.79 Å². The minimum Gasteiger partial charge on any atom is -0.386 e. The molecule has 0 saturated carbocycles. The molecule has 2 rings (SSSR count). The molecule has 0 unspecified atom stereocenters. The van der Waals surface area contributed by atoms with Crippen LogP contribution >= 0.6 is 0 Å². The Labute approximate surface area is 121 Å². The second kappa shape index (κ2) is 7.50. The molecule has 2 heterocycles. The molecular formula is C14H26N4O2. The Morgan fingerprint density at radius 2 is 1.75 bits per heavy atom. The van der Waals surface area contributed by atoms with Crippen LogP contribution in [-0.2, 0) is 9.53 Å². The van der Waals surface area contributed by atoms with Gasteiger partial charge in [-0.05, 0) is 12.5 Å². The molecule has 2 aliphatic rings. The van der Waals surface area contributed by atoms with Gasteiger partial charge in [-0.25, -0.2) is 0 Å². The van der Waals surface area contributed by atoms with Gasteiger partial charge < -0.3 is 20.3 Å². The lowest BCUT2D eigenvalue weighted by atomic mass is 10.3. The molecule has 0 aromatic rings. The molecule has 2 saturated heterocycles. The summed E-state index contributed by atoms with van der Waals surface area (Å²) in [6.07, 6.45) is 3.01. The molecular weight excluding hydrogens is 256 g/mol. The number of carbonyl (C=O) groups is 1. The maximum Gasteiger partial charge on any atom is 0.236 e. The van der Waals surface area contributed by atoms with E-state index in [0.29, 0.717) is 19.8 Å². The third-order valence-electron chi connectivity index (χ3n) is 3.87. The van der Waals surface area contributed by atoms with Gasteiger partial charge >= 0.3 is 0 Å². The molecule has 20 heavy (non-hydrogen) atoms. The lowest BCUT2D eigenvalue weighted by Crippen LogP contribution is -2.51. The number of ether oxygens (including phenoxy) is 1. The Balaban J connectivity index is 1.73. The number of hydrogen-bond donors (Lipinski definition) is 1. The first-order valence-corrected chi connectivity index (χ1v) is 7.49. The molecule has 0 aliphatic carbocycles. The smallest absolute Gasteiger partial charge is 0.236 e. The summed E-state index contributed by atoms with van der Waals surface area (Å²) < 4.78 is 5.27. The maximum atomic E-state index is 12.2. The molecule has 0 spiro atoms. The number of amides is 1. The second-order valence-corrected chi connectivity index (χ2v) is 5.29. The highest BCUT2D eigenvalue weighted by Crippen LogP contribution is 2.07. The van der Waals surface area contributed by atoms with E-state index in [1.807, 2.05) is 4.90 Å². The number of nitrogens with two attached hydrogens (primary N) is 1. The maximum absolute atomic E-state index is 12.2. The molecule has 0 radical (unpaired) electrons. The zero-order valence-corrected chi connectivity index (χ0v) is 12.4. The van der Waals surface area contributed by atoms with Crippen LogP contribution in [0.3, 0.4) is 0 Å². The summed E-state index contributed by atoms with van der Waals surface area (Å²) in [6, 6.07) is 0. The van der Waals surface area contributed by atoms with E-state index in [4.69, 9.17) is 10.5 Å². The van der Waals surface area contributed by atoms with E-state index in [0.717, 1.165) is 51.5 Å². The van der Waals surface area contributed by atoms with Crippen LogP contribution in [0, 0.1) is 0 Å². The molecule has 0 aromatic heterocycles. The SMILES string of the molecule is CC/C=C(\N)N1CCN(CC(=O)N2CCOCC2)CC1. The van der Waals surface area contributed by atoms with Gasteiger partial charge in [-0.2, -0.15) is 0 Å². The first-order chi connectivity index (χ1) is 9.70. The summed E-state index contributed by atoms with van der Waals surface area (Å²) in [5, 5.41) is 0. The van der Waals surface area contributed by atoms with Crippen molar-refractivity contribution in [3.05, 3.63) is 11.9 Å². The summed E-state index contributed by atoms with van der Waals surface area (Å²) in [7, 11) is 0. The third-order valence-corrected chi connectivity index (χ3v) is 3.87. The van der Waals surface area contributed by atoms with Crippen LogP contribution < -0.4 is 5.73 Å². The number of carbonyl (C=O) groups excluding carboxylic acids is 1. The largest absolute Gasteiger partial charge is 0.386 e. The van der Waals surface area contributed by atoms with E-state index in [-0.39, 0.29) is 5.91 Å². The predicted molar refractivity (Wildman–Crippen MR) is 78.0 cm³/mol. The van der Waals surface area contributed by atoms with Gasteiger partial charge in [-0.1, -0.05) is 6.92 Å². The molecule has 2 N–H and O–H groups in total. The molecule has 114 valence electrons. The fourth-order valence-electron chi connectivity index (χ4n) is 2.61. The Bertz CT molecular complexity index is 345. The molecule has 6 nitrogen and oxygen atoms in total. The minimum atomic E-state index is 0.221. The lowest BCUT2D eigenvalue weighted by Gasteiger charge is -2.37. The van der Waals surface area contributed by atoms with Crippen LogP contribution in [0.5, 0.6) is 0 Å². The Morgan fingerprint density at radius 3 is 2.35 bits per heavy atom. The Morgan fingerprint density at radius 1 is 1.10 bits per heavy atom. The fourth-order valence-corrected chi connectivity index (χ4v) is 2.61. The van der Waals surface area contributed by atoms with Crippen molar-refractivity contribution in [2.45, 2.75) is 13.3 Å². The third kappa shape index (κ3) is 4.11. The average molecular weight is 282 g/mol. The van der Waals surface area contributed by atoms with E-state index in [1.165, 1.54) is 0 Å². The normalized spacial score (nSPS) is 22.1. The number of rotatable bonds is 4. The quantitative estimate of drug-likeness (QED) is 0.765. The highest BCUT2D eigenvalue weighted by Gasteiger charge is 2.22. The summed E-state index contributed by atoms with van der Waals surface area (Å²) in [6.45, 7) is 8.99. The van der Waals surface area contributed by atoms with Gasteiger partial charge in [0.25, 0.3) is 0 Å². The van der Waals surface area contributed by atoms with Crippen molar-refractivity contribution in [2.75, 3.05) is 59.0 Å². The molecule has 0 atom stereocenters. The summed E-state index contributed by atoms with van der Waals surface area (Å²) in [5.74, 6) is 1.09. The van der Waals surface area contributed by atoms with Gasteiger partial charge in [-0.3, -0.25) is 9.69 Å². The number of hydrogen-bond acceptors (Lipinski definition) is 5. The molecule has 0 aromatic carbocycles. The van der Waals surface area contributed by atoms with Crippen LogP contribution in [0.4, 0.5) is 0 Å². The zero-order chi connectivity index (χ0) is 14.4. The van der Waals surface area contributed by atoms with Crippen LogP contribution in [0.25, 0.3) is 0 Å². The van der Waals surface area contributed by atoms with Crippen molar-refractivity contribution < 1.29 is 9.53 Å². The van der Waals surface area contributed by atoms with E-state index in [1.54, 1.807) is 0 Å². The molecule has 2 fully saturated rings. The Hall–Kier alpha value is -1.27. The number of piperazine rings is 1. The van der Waals surface area contributed by atoms with Gasteiger partial charge in [0.15, 0.2) is 0 Å². The first kappa shape index (κ1) is 15.1. The van der Waals surface area contributed by atoms with Gasteiger partial charge in [0.1, 0.15) is 0 Å². The molecule has 0 bridgehead atoms. The topological polar surface area (TPSA) is 62.0 Å². The van der Waals surface area contributed by atoms with Gasteiger partial charge in [0.05, 0.1) is 25.6 Å². The first-order valence-electron chi connectivity index (χ1n) is 7.49. The summed E-state index contributed by atoms with van der Waals surface area (Å²) in [5.41, 5.74) is 6.00. The number of morpholine rings is 1. The van der Waals surface area contributed by atoms with Crippen LogP contribution in [0.15, 0.2) is 11.9 Å². The van der Waals surface area contributed by atoms with Gasteiger partial charge in [-0.15, -0.1) is 0 Å². The van der Waals surface area contributed by atoms with E-state index < -0.39 is 0 Å².